The van der Waals surface area contributed by atoms with E-state index in [2.05, 4.69) is 12.3 Å². The Kier molecular flexibility index (Phi) is 6.84. The summed E-state index contributed by atoms with van der Waals surface area (Å²) in [4.78, 5) is 0. The number of rotatable bonds is 4. The monoisotopic (exact) mass is 362 g/mol. The van der Waals surface area contributed by atoms with Gasteiger partial charge in [0.25, 0.3) is 0 Å². The Morgan fingerprint density at radius 1 is 1.09 bits per heavy atom. The van der Waals surface area contributed by atoms with E-state index in [1.54, 1.807) is 0 Å². The molecule has 0 nitrogen and oxygen atoms in total. The second-order valence-corrected chi connectivity index (χ2v) is 8.54. The number of benzene rings is 1. The van der Waals surface area contributed by atoms with Crippen molar-refractivity contribution in [3.63, 3.8) is 0 Å². The summed E-state index contributed by atoms with van der Waals surface area (Å²) in [5.74, 6) is 2.34. The second-order valence-electron chi connectivity index (χ2n) is 4.76. The summed E-state index contributed by atoms with van der Waals surface area (Å²) >= 11 is 5.80. The predicted octanol–water partition coefficient (Wildman–Crippen LogP) is 5.81. The van der Waals surface area contributed by atoms with E-state index in [0.717, 1.165) is 22.9 Å². The lowest BCUT2D eigenvalue weighted by atomic mass is 10.1. The first-order valence-electron chi connectivity index (χ1n) is 6.77. The molecule has 22 heavy (non-hydrogen) atoms. The lowest BCUT2D eigenvalue weighted by Crippen LogP contribution is -2.18. The van der Waals surface area contributed by atoms with Crippen LogP contribution in [0.3, 0.4) is 0 Å². The Balaban J connectivity index is 1.83. The van der Waals surface area contributed by atoms with Gasteiger partial charge in [0.05, 0.1) is 10.1 Å². The number of allylic oxidation sites excluding steroid dienone is 2. The van der Waals surface area contributed by atoms with Crippen molar-refractivity contribution in [3.8, 4) is 0 Å². The molecule has 1 aliphatic heterocycles. The first-order chi connectivity index (χ1) is 10.5. The van der Waals surface area contributed by atoms with Crippen molar-refractivity contribution in [2.24, 2.45) is 0 Å². The summed E-state index contributed by atoms with van der Waals surface area (Å²) in [6.45, 7) is 0. The van der Waals surface area contributed by atoms with Crippen LogP contribution in [0.25, 0.3) is 6.08 Å². The summed E-state index contributed by atoms with van der Waals surface area (Å²) in [5.41, 5.74) is 0.155. The van der Waals surface area contributed by atoms with Gasteiger partial charge in [-0.15, -0.1) is 23.5 Å². The highest BCUT2D eigenvalue weighted by Crippen LogP contribution is 2.35. The summed E-state index contributed by atoms with van der Waals surface area (Å²) in [6.07, 6.45) is 5.69. The van der Waals surface area contributed by atoms with Crippen LogP contribution in [-0.2, 0) is 6.18 Å². The van der Waals surface area contributed by atoms with Crippen LogP contribution in [0.4, 0.5) is 13.2 Å². The molecule has 120 valence electrons. The van der Waals surface area contributed by atoms with E-state index < -0.39 is 11.7 Å². The summed E-state index contributed by atoms with van der Waals surface area (Å²) in [6, 6.07) is 5.19. The molecular weight excluding hydrogens is 345 g/mol. The lowest BCUT2D eigenvalue weighted by molar-refractivity contribution is -0.137. The number of halogens is 3. The minimum Gasteiger partial charge on any atom is -0.166 e. The van der Waals surface area contributed by atoms with Crippen molar-refractivity contribution in [1.82, 2.24) is 0 Å². The Labute approximate surface area is 142 Å². The van der Waals surface area contributed by atoms with Gasteiger partial charge in [-0.3, -0.25) is 0 Å². The topological polar surface area (TPSA) is 0 Å². The summed E-state index contributed by atoms with van der Waals surface area (Å²) in [7, 11) is 0. The highest BCUT2D eigenvalue weighted by molar-refractivity contribution is 8.19. The molecule has 0 aromatic heterocycles. The van der Waals surface area contributed by atoms with Crippen LogP contribution in [-0.4, -0.2) is 27.6 Å². The molecule has 1 aromatic rings. The van der Waals surface area contributed by atoms with Crippen molar-refractivity contribution in [2.45, 2.75) is 16.0 Å². The molecule has 1 aromatic carbocycles. The Bertz CT molecular complexity index is 512. The molecule has 1 heterocycles. The normalized spacial score (nSPS) is 23.5. The molecule has 1 saturated heterocycles. The molecule has 0 N–H and O–H groups in total. The summed E-state index contributed by atoms with van der Waals surface area (Å²) in [5, 5.41) is 0.738. The zero-order valence-corrected chi connectivity index (χ0v) is 14.5. The van der Waals surface area contributed by atoms with Crippen molar-refractivity contribution >= 4 is 41.4 Å². The fourth-order valence-electron chi connectivity index (χ4n) is 1.85. The molecule has 0 spiro atoms. The maximum atomic E-state index is 12.4. The van der Waals surface area contributed by atoms with Gasteiger partial charge in [-0.05, 0) is 24.0 Å². The molecular formula is C16H17F3S3. The Morgan fingerprint density at radius 3 is 2.27 bits per heavy atom. The smallest absolute Gasteiger partial charge is 0.166 e. The van der Waals surface area contributed by atoms with Gasteiger partial charge in [-0.2, -0.15) is 24.9 Å². The minimum atomic E-state index is -4.27. The number of hydrogen-bond donors (Lipinski definition) is 0. The molecule has 0 bridgehead atoms. The highest BCUT2D eigenvalue weighted by Gasteiger charge is 2.29. The van der Waals surface area contributed by atoms with Crippen molar-refractivity contribution in [3.05, 3.63) is 53.6 Å². The zero-order valence-electron chi connectivity index (χ0n) is 12.0. The minimum absolute atomic E-state index is 0.473. The third kappa shape index (κ3) is 5.63. The molecule has 1 aliphatic rings. The zero-order chi connectivity index (χ0) is 16.0. The molecule has 0 saturated carbocycles. The number of hydrogen-bond acceptors (Lipinski definition) is 3. The van der Waals surface area contributed by atoms with E-state index in [1.807, 2.05) is 53.5 Å². The average Bonchev–Trinajstić information content (AvgIpc) is 2.52. The van der Waals surface area contributed by atoms with E-state index in [1.165, 1.54) is 23.6 Å². The molecule has 2 rings (SSSR count). The summed E-state index contributed by atoms with van der Waals surface area (Å²) < 4.78 is 37.8. The highest BCUT2D eigenvalue weighted by atomic mass is 32.2. The van der Waals surface area contributed by atoms with Crippen molar-refractivity contribution in [2.75, 3.05) is 17.8 Å². The quantitative estimate of drug-likeness (QED) is 0.620. The van der Waals surface area contributed by atoms with Gasteiger partial charge in [0.1, 0.15) is 0 Å². The van der Waals surface area contributed by atoms with E-state index in [-0.39, 0.29) is 0 Å². The van der Waals surface area contributed by atoms with Crippen LogP contribution in [0.15, 0.2) is 42.5 Å². The molecule has 0 unspecified atom stereocenters. The van der Waals surface area contributed by atoms with Crippen molar-refractivity contribution in [1.29, 1.82) is 0 Å². The van der Waals surface area contributed by atoms with Gasteiger partial charge < -0.3 is 0 Å². The van der Waals surface area contributed by atoms with Crippen LogP contribution in [0, 0.1) is 0 Å². The van der Waals surface area contributed by atoms with Crippen LogP contribution in [0.5, 0.6) is 0 Å². The SMILES string of the molecule is CSC1CSC(/C=C/C=C/c2ccc(C(F)(F)F)cc2)SC1. The van der Waals surface area contributed by atoms with Gasteiger partial charge in [0, 0.05) is 16.8 Å². The lowest BCUT2D eigenvalue weighted by Gasteiger charge is -2.24. The first-order valence-corrected chi connectivity index (χ1v) is 10.2. The Morgan fingerprint density at radius 2 is 1.73 bits per heavy atom. The van der Waals surface area contributed by atoms with Crippen LogP contribution < -0.4 is 0 Å². The van der Waals surface area contributed by atoms with E-state index in [4.69, 9.17) is 0 Å². The van der Waals surface area contributed by atoms with E-state index >= 15 is 0 Å². The standard InChI is InChI=1S/C16H17F3S3/c1-20-14-10-21-15(22-11-14)5-3-2-4-12-6-8-13(9-7-12)16(17,18)19/h2-9,14-15H,10-11H2,1H3/b4-2+,5-3+. The molecule has 0 radical (unpaired) electrons. The maximum Gasteiger partial charge on any atom is 0.416 e. The maximum absolute atomic E-state index is 12.4. The second kappa shape index (κ2) is 8.41. The Hall–Kier alpha value is -0.460. The van der Waals surface area contributed by atoms with Gasteiger partial charge in [0.2, 0.25) is 0 Å². The van der Waals surface area contributed by atoms with Gasteiger partial charge in [0.15, 0.2) is 0 Å². The number of alkyl halides is 3. The van der Waals surface area contributed by atoms with Gasteiger partial charge in [-0.1, -0.05) is 36.4 Å². The molecule has 6 heteroatoms. The molecule has 1 fully saturated rings. The van der Waals surface area contributed by atoms with Crippen LogP contribution in [0.2, 0.25) is 0 Å². The average molecular weight is 363 g/mol. The third-order valence-corrected chi connectivity index (χ3v) is 7.53. The van der Waals surface area contributed by atoms with E-state index in [9.17, 15) is 13.2 Å². The van der Waals surface area contributed by atoms with E-state index in [0.29, 0.717) is 4.58 Å². The third-order valence-electron chi connectivity index (χ3n) is 3.13. The fraction of sp³-hybridized carbons (Fsp3) is 0.375. The first kappa shape index (κ1) is 17.9. The molecule has 0 aliphatic carbocycles. The van der Waals surface area contributed by atoms with Crippen LogP contribution in [0.1, 0.15) is 11.1 Å². The van der Waals surface area contributed by atoms with Gasteiger partial charge >= 0.3 is 6.18 Å². The molecule has 0 amide bonds. The number of thioether (sulfide) groups is 3. The fourth-order valence-corrected chi connectivity index (χ4v) is 5.87. The molecule has 0 atom stereocenters. The predicted molar refractivity (Wildman–Crippen MR) is 95.6 cm³/mol. The van der Waals surface area contributed by atoms with Crippen LogP contribution >= 0.6 is 35.3 Å². The largest absolute Gasteiger partial charge is 0.416 e. The van der Waals surface area contributed by atoms with Crippen molar-refractivity contribution < 1.29 is 13.2 Å². The van der Waals surface area contributed by atoms with Gasteiger partial charge in [-0.25, -0.2) is 0 Å².